The zero-order valence-electron chi connectivity index (χ0n) is 16.5. The van der Waals surface area contributed by atoms with E-state index in [0.717, 1.165) is 11.3 Å². The van der Waals surface area contributed by atoms with Crippen molar-refractivity contribution in [1.82, 2.24) is 0 Å². The number of allylic oxidation sites excluding steroid dienone is 1. The number of rotatable bonds is 1. The molecule has 0 fully saturated rings. The Labute approximate surface area is 174 Å². The molecule has 2 aromatic carbocycles. The van der Waals surface area contributed by atoms with Crippen LogP contribution in [0.2, 0.25) is 0 Å². The first-order valence-electron chi connectivity index (χ1n) is 9.95. The molecule has 2 aliphatic heterocycles. The van der Waals surface area contributed by atoms with Crippen LogP contribution in [0, 0.1) is 18.3 Å². The van der Waals surface area contributed by atoms with Gasteiger partial charge in [-0.1, -0.05) is 35.9 Å². The first-order chi connectivity index (χ1) is 14.5. The van der Waals surface area contributed by atoms with Gasteiger partial charge in [0.25, 0.3) is 0 Å². The Kier molecular flexibility index (Phi) is 3.84. The van der Waals surface area contributed by atoms with Gasteiger partial charge in [-0.3, -0.25) is 14.5 Å². The lowest BCUT2D eigenvalue weighted by molar-refractivity contribution is -0.122. The van der Waals surface area contributed by atoms with Crippen LogP contribution in [0.1, 0.15) is 30.4 Å². The number of aryl methyl sites for hydroxylation is 1. The third-order valence-corrected chi connectivity index (χ3v) is 6.20. The van der Waals surface area contributed by atoms with Gasteiger partial charge in [-0.2, -0.15) is 5.26 Å². The molecular weight excluding hydrogens is 376 g/mol. The van der Waals surface area contributed by atoms with Crippen LogP contribution in [-0.2, 0) is 15.0 Å². The Morgan fingerprint density at radius 2 is 1.90 bits per heavy atom. The number of benzene rings is 2. The fourth-order valence-electron chi connectivity index (χ4n) is 4.98. The number of ketones is 1. The summed E-state index contributed by atoms with van der Waals surface area (Å²) in [5, 5.41) is 13.1. The minimum absolute atomic E-state index is 0.0993. The van der Waals surface area contributed by atoms with Crippen LogP contribution in [-0.4, -0.2) is 11.7 Å². The largest absolute Gasteiger partial charge is 0.384 e. The van der Waals surface area contributed by atoms with Crippen LogP contribution in [0.4, 0.5) is 11.4 Å². The number of carbonyl (C=O) groups is 2. The Hall–Kier alpha value is -3.85. The quantitative estimate of drug-likeness (QED) is 0.770. The molecule has 2 heterocycles. The summed E-state index contributed by atoms with van der Waals surface area (Å²) in [5.74, 6) is -0.304. The average molecular weight is 396 g/mol. The predicted octanol–water partition coefficient (Wildman–Crippen LogP) is 3.41. The second-order valence-electron chi connectivity index (χ2n) is 7.89. The first-order valence-corrected chi connectivity index (χ1v) is 9.95. The number of nitrogens with one attached hydrogen (secondary N) is 1. The molecule has 1 amide bonds. The molecule has 2 aromatic rings. The lowest BCUT2D eigenvalue weighted by Gasteiger charge is -2.43. The van der Waals surface area contributed by atoms with Crippen molar-refractivity contribution < 1.29 is 9.59 Å². The van der Waals surface area contributed by atoms with Crippen molar-refractivity contribution in [3.05, 3.63) is 82.3 Å². The average Bonchev–Trinajstić information content (AvgIpc) is 3.01. The number of nitrogens with two attached hydrogens (primary N) is 1. The van der Waals surface area contributed by atoms with Crippen LogP contribution in [0.3, 0.4) is 0 Å². The van der Waals surface area contributed by atoms with Crippen molar-refractivity contribution in [2.75, 3.05) is 10.2 Å². The number of fused-ring (bicyclic) bond motifs is 3. The molecule has 0 saturated carbocycles. The fraction of sp³-hybridized carbons (Fsp3) is 0.208. The van der Waals surface area contributed by atoms with E-state index < -0.39 is 11.3 Å². The summed E-state index contributed by atoms with van der Waals surface area (Å²) in [5.41, 5.74) is 9.22. The Bertz CT molecular complexity index is 1220. The summed E-state index contributed by atoms with van der Waals surface area (Å²) in [6.45, 7) is 1.92. The number of amides is 1. The Balaban J connectivity index is 1.90. The number of carbonyl (C=O) groups excluding carboxylic acids is 2. The van der Waals surface area contributed by atoms with E-state index >= 15 is 0 Å². The molecule has 30 heavy (non-hydrogen) atoms. The number of nitriles is 1. The molecule has 3 aliphatic rings. The summed E-state index contributed by atoms with van der Waals surface area (Å²) < 4.78 is 0. The van der Waals surface area contributed by atoms with Gasteiger partial charge in [0, 0.05) is 34.6 Å². The highest BCUT2D eigenvalue weighted by Crippen LogP contribution is 2.55. The molecular formula is C24H20N4O2. The smallest absolute Gasteiger partial charge is 0.245 e. The van der Waals surface area contributed by atoms with Gasteiger partial charge in [0.1, 0.15) is 17.3 Å². The Morgan fingerprint density at radius 1 is 1.13 bits per heavy atom. The molecule has 1 aliphatic carbocycles. The van der Waals surface area contributed by atoms with E-state index in [2.05, 4.69) is 11.4 Å². The monoisotopic (exact) mass is 396 g/mol. The zero-order chi connectivity index (χ0) is 21.0. The van der Waals surface area contributed by atoms with Crippen molar-refractivity contribution in [3.63, 3.8) is 0 Å². The van der Waals surface area contributed by atoms with E-state index in [1.807, 2.05) is 55.5 Å². The van der Waals surface area contributed by atoms with Gasteiger partial charge in [0.05, 0.1) is 5.57 Å². The predicted molar refractivity (Wildman–Crippen MR) is 113 cm³/mol. The normalized spacial score (nSPS) is 22.7. The first kappa shape index (κ1) is 18.2. The van der Waals surface area contributed by atoms with Crippen LogP contribution in [0.15, 0.2) is 71.2 Å². The molecule has 0 aromatic heterocycles. The lowest BCUT2D eigenvalue weighted by atomic mass is 9.63. The van der Waals surface area contributed by atoms with E-state index in [1.165, 1.54) is 0 Å². The zero-order valence-corrected chi connectivity index (χ0v) is 16.5. The number of para-hydroxylation sites is 1. The van der Waals surface area contributed by atoms with Gasteiger partial charge in [-0.25, -0.2) is 0 Å². The fourth-order valence-corrected chi connectivity index (χ4v) is 4.98. The number of anilines is 2. The van der Waals surface area contributed by atoms with Crippen molar-refractivity contribution in [3.8, 4) is 6.07 Å². The molecule has 5 rings (SSSR count). The minimum Gasteiger partial charge on any atom is -0.384 e. The summed E-state index contributed by atoms with van der Waals surface area (Å²) in [6, 6.07) is 17.2. The van der Waals surface area contributed by atoms with Gasteiger partial charge in [-0.15, -0.1) is 0 Å². The maximum Gasteiger partial charge on any atom is 0.245 e. The number of hydrogen-bond acceptors (Lipinski definition) is 5. The van der Waals surface area contributed by atoms with E-state index in [9.17, 15) is 14.9 Å². The van der Waals surface area contributed by atoms with Gasteiger partial charge in [0.2, 0.25) is 5.91 Å². The molecule has 0 saturated heterocycles. The standard InChI is InChI=1S/C24H20N4O2/c1-14-10-11-18-16(12-14)24(23(30)27-18)17(13-25)22(26)28(15-6-3-2-4-7-15)19-8-5-9-20(29)21(19)24/h2-4,6-7,10-12H,5,8-9,26H2,1H3,(H,27,30). The highest BCUT2D eigenvalue weighted by atomic mass is 16.2. The van der Waals surface area contributed by atoms with E-state index in [-0.39, 0.29) is 17.2 Å². The van der Waals surface area contributed by atoms with Crippen LogP contribution >= 0.6 is 0 Å². The molecule has 1 unspecified atom stereocenters. The maximum atomic E-state index is 13.5. The highest BCUT2D eigenvalue weighted by Gasteiger charge is 2.60. The number of nitrogens with zero attached hydrogens (tertiary/aromatic N) is 2. The van der Waals surface area contributed by atoms with Crippen molar-refractivity contribution in [2.45, 2.75) is 31.6 Å². The second kappa shape index (κ2) is 6.33. The second-order valence-corrected chi connectivity index (χ2v) is 7.89. The maximum absolute atomic E-state index is 13.5. The third kappa shape index (κ3) is 2.17. The molecule has 1 spiro atoms. The van der Waals surface area contributed by atoms with E-state index in [0.29, 0.717) is 41.8 Å². The van der Waals surface area contributed by atoms with Crippen LogP contribution in [0.5, 0.6) is 0 Å². The molecule has 148 valence electrons. The molecule has 6 heteroatoms. The highest BCUT2D eigenvalue weighted by molar-refractivity contribution is 6.19. The summed E-state index contributed by atoms with van der Waals surface area (Å²) in [4.78, 5) is 28.6. The molecule has 0 radical (unpaired) electrons. The minimum atomic E-state index is -1.50. The third-order valence-electron chi connectivity index (χ3n) is 6.20. The van der Waals surface area contributed by atoms with Gasteiger partial charge < -0.3 is 11.1 Å². The SMILES string of the molecule is Cc1ccc2c(c1)C1(C(=O)N2)C(C#N)=C(N)N(c2ccccc2)C2=C1C(=O)CCC2. The van der Waals surface area contributed by atoms with E-state index in [4.69, 9.17) is 5.73 Å². The molecule has 0 bridgehead atoms. The van der Waals surface area contributed by atoms with Gasteiger partial charge >= 0.3 is 0 Å². The molecule has 3 N–H and O–H groups in total. The topological polar surface area (TPSA) is 99.2 Å². The van der Waals surface area contributed by atoms with Crippen LogP contribution in [0.25, 0.3) is 0 Å². The summed E-state index contributed by atoms with van der Waals surface area (Å²) in [6.07, 6.45) is 1.62. The summed E-state index contributed by atoms with van der Waals surface area (Å²) >= 11 is 0. The van der Waals surface area contributed by atoms with Gasteiger partial charge in [0.15, 0.2) is 5.78 Å². The van der Waals surface area contributed by atoms with Gasteiger partial charge in [-0.05, 0) is 38.0 Å². The number of hydrogen-bond donors (Lipinski definition) is 2. The van der Waals surface area contributed by atoms with Crippen molar-refractivity contribution in [1.29, 1.82) is 5.26 Å². The van der Waals surface area contributed by atoms with Crippen LogP contribution < -0.4 is 16.0 Å². The molecule has 6 nitrogen and oxygen atoms in total. The summed E-state index contributed by atoms with van der Waals surface area (Å²) in [7, 11) is 0. The lowest BCUT2D eigenvalue weighted by Crippen LogP contribution is -2.50. The van der Waals surface area contributed by atoms with E-state index in [1.54, 1.807) is 4.90 Å². The van der Waals surface area contributed by atoms with Crippen molar-refractivity contribution in [2.24, 2.45) is 5.73 Å². The Morgan fingerprint density at radius 3 is 2.63 bits per heavy atom. The molecule has 1 atom stereocenters. The van der Waals surface area contributed by atoms with Crippen molar-refractivity contribution >= 4 is 23.1 Å². The number of Topliss-reactive ketones (excluding diaryl/α,β-unsaturated/α-hetero) is 1.